The normalized spacial score (nSPS) is 18.1. The molecule has 2 aromatic heterocycles. The van der Waals surface area contributed by atoms with E-state index in [1.165, 1.54) is 12.8 Å². The molecule has 0 spiro atoms. The van der Waals surface area contributed by atoms with E-state index in [0.29, 0.717) is 6.04 Å². The maximum absolute atomic E-state index is 12.6. The number of piperidine rings is 1. The maximum Gasteiger partial charge on any atom is 0.255 e. The van der Waals surface area contributed by atoms with Gasteiger partial charge in [-0.15, -0.1) is 24.8 Å². The van der Waals surface area contributed by atoms with Crippen LogP contribution in [0.25, 0.3) is 5.65 Å². The summed E-state index contributed by atoms with van der Waals surface area (Å²) in [6.07, 6.45) is 10.4. The second-order valence-electron chi connectivity index (χ2n) is 6.53. The first-order valence-electron chi connectivity index (χ1n) is 8.25. The van der Waals surface area contributed by atoms with E-state index < -0.39 is 0 Å². The molecule has 1 aliphatic heterocycles. The number of hydrogen-bond donors (Lipinski definition) is 1. The summed E-state index contributed by atoms with van der Waals surface area (Å²) in [6.45, 7) is 2.86. The maximum atomic E-state index is 12.6. The fourth-order valence-corrected chi connectivity index (χ4v) is 3.17. The number of aromatic nitrogens is 2. The van der Waals surface area contributed by atoms with E-state index >= 15 is 0 Å². The standard InChI is InChI=1S/C17H22N4O.2ClH/c22-17(14-3-4-16-18-7-10-21(16)12-14)20-8-5-15(6-9-20)19-11-13-1-2-13;;/h3-4,7,10,12-13,15,19H,1-2,5-6,8-9,11H2;2*1H. The first-order chi connectivity index (χ1) is 10.8. The van der Waals surface area contributed by atoms with Gasteiger partial charge in [-0.1, -0.05) is 0 Å². The van der Waals surface area contributed by atoms with Crippen molar-refractivity contribution >= 4 is 36.4 Å². The summed E-state index contributed by atoms with van der Waals surface area (Å²) in [5.41, 5.74) is 1.62. The second kappa shape index (κ2) is 8.19. The number of imidazole rings is 1. The lowest BCUT2D eigenvalue weighted by molar-refractivity contribution is 0.0704. The van der Waals surface area contributed by atoms with Crippen molar-refractivity contribution < 1.29 is 4.79 Å². The van der Waals surface area contributed by atoms with Crippen molar-refractivity contribution in [2.75, 3.05) is 19.6 Å². The van der Waals surface area contributed by atoms with E-state index in [9.17, 15) is 4.79 Å². The zero-order valence-corrected chi connectivity index (χ0v) is 15.2. The molecule has 24 heavy (non-hydrogen) atoms. The Balaban J connectivity index is 0.00000104. The highest BCUT2D eigenvalue weighted by Crippen LogP contribution is 2.28. The van der Waals surface area contributed by atoms with Gasteiger partial charge in [-0.05, 0) is 50.3 Å². The Kier molecular flexibility index (Phi) is 6.49. The van der Waals surface area contributed by atoms with Crippen molar-refractivity contribution in [3.63, 3.8) is 0 Å². The monoisotopic (exact) mass is 370 g/mol. The van der Waals surface area contributed by atoms with Gasteiger partial charge < -0.3 is 14.6 Å². The molecule has 1 saturated heterocycles. The summed E-state index contributed by atoms with van der Waals surface area (Å²) in [4.78, 5) is 18.8. The predicted octanol–water partition coefficient (Wildman–Crippen LogP) is 2.78. The molecule has 5 nitrogen and oxygen atoms in total. The highest BCUT2D eigenvalue weighted by Gasteiger charge is 2.26. The van der Waals surface area contributed by atoms with Crippen LogP contribution in [0, 0.1) is 5.92 Å². The van der Waals surface area contributed by atoms with Crippen LogP contribution in [0.15, 0.2) is 30.7 Å². The molecule has 0 radical (unpaired) electrons. The molecule has 0 bridgehead atoms. The van der Waals surface area contributed by atoms with E-state index in [4.69, 9.17) is 0 Å². The lowest BCUT2D eigenvalue weighted by Gasteiger charge is -2.32. The van der Waals surface area contributed by atoms with Crippen molar-refractivity contribution in [2.24, 2.45) is 5.92 Å². The minimum atomic E-state index is 0. The topological polar surface area (TPSA) is 49.6 Å². The third-order valence-electron chi connectivity index (χ3n) is 4.81. The number of likely N-dealkylation sites (tertiary alicyclic amines) is 1. The smallest absolute Gasteiger partial charge is 0.255 e. The number of pyridine rings is 1. The molecule has 1 N–H and O–H groups in total. The Labute approximate surface area is 154 Å². The molecule has 0 atom stereocenters. The molecule has 2 aliphatic rings. The number of nitrogens with zero attached hydrogens (tertiary/aromatic N) is 3. The molecule has 2 fully saturated rings. The average Bonchev–Trinajstić information content (AvgIpc) is 3.27. The lowest BCUT2D eigenvalue weighted by Crippen LogP contribution is -2.45. The average molecular weight is 371 g/mol. The van der Waals surface area contributed by atoms with Crippen molar-refractivity contribution in [1.29, 1.82) is 0 Å². The highest BCUT2D eigenvalue weighted by atomic mass is 35.5. The molecule has 1 aliphatic carbocycles. The molecule has 4 rings (SSSR count). The van der Waals surface area contributed by atoms with Crippen LogP contribution in [0.4, 0.5) is 0 Å². The number of rotatable bonds is 4. The summed E-state index contributed by atoms with van der Waals surface area (Å²) in [5.74, 6) is 1.05. The van der Waals surface area contributed by atoms with Crippen molar-refractivity contribution in [1.82, 2.24) is 19.6 Å². The fraction of sp³-hybridized carbons (Fsp3) is 0.529. The van der Waals surface area contributed by atoms with Crippen LogP contribution < -0.4 is 5.32 Å². The van der Waals surface area contributed by atoms with Crippen LogP contribution in [0.2, 0.25) is 0 Å². The molecule has 0 unspecified atom stereocenters. The van der Waals surface area contributed by atoms with Crippen LogP contribution in [0.1, 0.15) is 36.0 Å². The van der Waals surface area contributed by atoms with Gasteiger partial charge in [0.05, 0.1) is 5.56 Å². The molecule has 1 saturated carbocycles. The Hall–Kier alpha value is -1.30. The van der Waals surface area contributed by atoms with E-state index in [0.717, 1.165) is 49.6 Å². The van der Waals surface area contributed by atoms with Gasteiger partial charge >= 0.3 is 0 Å². The van der Waals surface area contributed by atoms with E-state index in [1.54, 1.807) is 6.20 Å². The molecular formula is C17H24Cl2N4O. The van der Waals surface area contributed by atoms with Gasteiger partial charge in [-0.25, -0.2) is 4.98 Å². The zero-order chi connectivity index (χ0) is 14.9. The van der Waals surface area contributed by atoms with Gasteiger partial charge in [-0.3, -0.25) is 4.79 Å². The summed E-state index contributed by atoms with van der Waals surface area (Å²) in [6, 6.07) is 4.36. The Morgan fingerprint density at radius 1 is 1.17 bits per heavy atom. The van der Waals surface area contributed by atoms with Gasteiger partial charge in [0.1, 0.15) is 5.65 Å². The van der Waals surface area contributed by atoms with Crippen molar-refractivity contribution in [2.45, 2.75) is 31.7 Å². The van der Waals surface area contributed by atoms with Gasteiger partial charge in [-0.2, -0.15) is 0 Å². The molecule has 1 amide bonds. The lowest BCUT2D eigenvalue weighted by atomic mass is 10.0. The highest BCUT2D eigenvalue weighted by molar-refractivity contribution is 5.94. The number of amides is 1. The predicted molar refractivity (Wildman–Crippen MR) is 99.3 cm³/mol. The van der Waals surface area contributed by atoms with Crippen LogP contribution in [-0.2, 0) is 0 Å². The molecule has 132 valence electrons. The van der Waals surface area contributed by atoms with Crippen molar-refractivity contribution in [3.8, 4) is 0 Å². The summed E-state index contributed by atoms with van der Waals surface area (Å²) < 4.78 is 1.90. The Bertz CT molecular complexity index is 678. The number of nitrogens with one attached hydrogen (secondary N) is 1. The quantitative estimate of drug-likeness (QED) is 0.899. The van der Waals surface area contributed by atoms with Crippen molar-refractivity contribution in [3.05, 3.63) is 36.3 Å². The zero-order valence-electron chi connectivity index (χ0n) is 13.6. The van der Waals surface area contributed by atoms with Gasteiger partial charge in [0, 0.05) is 37.7 Å². The van der Waals surface area contributed by atoms with Gasteiger partial charge in [0.2, 0.25) is 0 Å². The third kappa shape index (κ3) is 4.21. The Morgan fingerprint density at radius 3 is 2.62 bits per heavy atom. The number of hydrogen-bond acceptors (Lipinski definition) is 3. The van der Waals surface area contributed by atoms with Crippen LogP contribution >= 0.6 is 24.8 Å². The molecule has 0 aromatic carbocycles. The number of fused-ring (bicyclic) bond motifs is 1. The second-order valence-corrected chi connectivity index (χ2v) is 6.53. The SMILES string of the molecule is Cl.Cl.O=C(c1ccc2nccn2c1)N1CCC(NCC2CC2)CC1. The van der Waals surface area contributed by atoms with Gasteiger partial charge in [0.25, 0.3) is 5.91 Å². The van der Waals surface area contributed by atoms with Gasteiger partial charge in [0.15, 0.2) is 0 Å². The number of carbonyl (C=O) groups is 1. The minimum absolute atomic E-state index is 0. The largest absolute Gasteiger partial charge is 0.338 e. The van der Waals surface area contributed by atoms with Crippen LogP contribution in [0.5, 0.6) is 0 Å². The fourth-order valence-electron chi connectivity index (χ4n) is 3.17. The van der Waals surface area contributed by atoms with E-state index in [-0.39, 0.29) is 30.7 Å². The van der Waals surface area contributed by atoms with E-state index in [1.807, 2.05) is 33.8 Å². The minimum Gasteiger partial charge on any atom is -0.338 e. The van der Waals surface area contributed by atoms with Crippen LogP contribution in [0.3, 0.4) is 0 Å². The summed E-state index contributed by atoms with van der Waals surface area (Å²) >= 11 is 0. The molecule has 7 heteroatoms. The summed E-state index contributed by atoms with van der Waals surface area (Å²) in [7, 11) is 0. The summed E-state index contributed by atoms with van der Waals surface area (Å²) in [5, 5.41) is 3.65. The van der Waals surface area contributed by atoms with Crippen LogP contribution in [-0.4, -0.2) is 45.9 Å². The number of carbonyl (C=O) groups excluding carboxylic acids is 1. The molecule has 3 heterocycles. The molecule has 2 aromatic rings. The van der Waals surface area contributed by atoms with E-state index in [2.05, 4.69) is 10.3 Å². The first-order valence-corrected chi connectivity index (χ1v) is 8.25. The third-order valence-corrected chi connectivity index (χ3v) is 4.81. The Morgan fingerprint density at radius 2 is 1.92 bits per heavy atom. The number of halogens is 2. The first kappa shape index (κ1) is 19.0. The molecular weight excluding hydrogens is 347 g/mol.